The Labute approximate surface area is 173 Å². The minimum absolute atomic E-state index is 0.415. The van der Waals surface area contributed by atoms with Crippen molar-refractivity contribution in [2.24, 2.45) is 5.92 Å². The molecule has 160 valence electrons. The number of carbonyl (C=O) groups is 1. The summed E-state index contributed by atoms with van der Waals surface area (Å²) in [6.45, 7) is 11.2. The van der Waals surface area contributed by atoms with Gasteiger partial charge in [-0.3, -0.25) is 10.00 Å². The molecule has 0 aliphatic heterocycles. The zero-order chi connectivity index (χ0) is 21.4. The van der Waals surface area contributed by atoms with E-state index in [2.05, 4.69) is 23.1 Å². The Morgan fingerprint density at radius 1 is 1.21 bits per heavy atom. The number of hydrogen-bond donors (Lipinski definition) is 2. The Bertz CT molecular complexity index is 866. The van der Waals surface area contributed by atoms with Crippen molar-refractivity contribution in [3.8, 4) is 0 Å². The second-order valence-corrected chi connectivity index (χ2v) is 9.83. The maximum absolute atomic E-state index is 12.3. The normalized spacial score (nSPS) is 20.7. The molecule has 0 bridgehead atoms. The highest BCUT2D eigenvalue weighted by atomic mass is 16.6. The fourth-order valence-electron chi connectivity index (χ4n) is 4.12. The zero-order valence-corrected chi connectivity index (χ0v) is 18.6. The topological polar surface area (TPSA) is 76.4 Å². The largest absolute Gasteiger partial charge is 0.444 e. The van der Waals surface area contributed by atoms with Crippen LogP contribution in [0.4, 0.5) is 10.5 Å². The summed E-state index contributed by atoms with van der Waals surface area (Å²) in [5.41, 5.74) is 0.283. The molecule has 29 heavy (non-hydrogen) atoms. The molecule has 0 spiro atoms. The second kappa shape index (κ2) is 7.98. The molecule has 1 saturated carbocycles. The van der Waals surface area contributed by atoms with Gasteiger partial charge in [-0.15, -0.1) is 0 Å². The van der Waals surface area contributed by atoms with Crippen LogP contribution in [0.1, 0.15) is 85.3 Å². The molecule has 0 radical (unpaired) electrons. The van der Waals surface area contributed by atoms with Crippen molar-refractivity contribution in [2.45, 2.75) is 90.9 Å². The average Bonchev–Trinajstić information content (AvgIpc) is 3.01. The number of nitrogens with one attached hydrogen (secondary N) is 1. The van der Waals surface area contributed by atoms with Gasteiger partial charge in [0, 0.05) is 17.1 Å². The number of nitrogens with zero attached hydrogens (tertiary/aromatic N) is 2. The van der Waals surface area contributed by atoms with Gasteiger partial charge in [0.25, 0.3) is 0 Å². The van der Waals surface area contributed by atoms with E-state index < -0.39 is 17.3 Å². The van der Waals surface area contributed by atoms with E-state index in [1.165, 1.54) is 19.3 Å². The van der Waals surface area contributed by atoms with Crippen LogP contribution in [0, 0.1) is 5.92 Å². The fourth-order valence-corrected chi connectivity index (χ4v) is 4.12. The molecule has 1 aromatic carbocycles. The number of benzene rings is 1. The number of fused-ring (bicyclic) bond motifs is 1. The molecule has 1 fully saturated rings. The molecule has 1 heterocycles. The first-order valence-corrected chi connectivity index (χ1v) is 10.7. The molecule has 3 rings (SSSR count). The molecule has 0 saturated heterocycles. The molecule has 0 unspecified atom stereocenters. The zero-order valence-electron chi connectivity index (χ0n) is 18.6. The number of hydrogen-bond acceptors (Lipinski definition) is 4. The van der Waals surface area contributed by atoms with E-state index in [-0.39, 0.29) is 0 Å². The van der Waals surface area contributed by atoms with E-state index >= 15 is 0 Å². The monoisotopic (exact) mass is 401 g/mol. The number of aromatic nitrogens is 2. The molecule has 1 amide bonds. The van der Waals surface area contributed by atoms with Crippen molar-refractivity contribution in [2.75, 3.05) is 5.32 Å². The summed E-state index contributed by atoms with van der Waals surface area (Å²) in [5, 5.41) is 19.2. The smallest absolute Gasteiger partial charge is 0.412 e. The second-order valence-electron chi connectivity index (χ2n) is 9.83. The van der Waals surface area contributed by atoms with Crippen LogP contribution >= 0.6 is 0 Å². The van der Waals surface area contributed by atoms with E-state index in [4.69, 9.17) is 9.84 Å². The summed E-state index contributed by atoms with van der Waals surface area (Å²) in [7, 11) is 0. The Balaban J connectivity index is 1.91. The molecular weight excluding hydrogens is 366 g/mol. The van der Waals surface area contributed by atoms with Crippen LogP contribution in [0.3, 0.4) is 0 Å². The highest BCUT2D eigenvalue weighted by Crippen LogP contribution is 2.36. The average molecular weight is 402 g/mol. The van der Waals surface area contributed by atoms with Crippen LogP contribution in [-0.4, -0.2) is 26.6 Å². The summed E-state index contributed by atoms with van der Waals surface area (Å²) in [6, 6.07) is 4.17. The molecular formula is C23H35N3O3. The van der Waals surface area contributed by atoms with Crippen molar-refractivity contribution in [3.05, 3.63) is 23.9 Å². The van der Waals surface area contributed by atoms with Crippen molar-refractivity contribution in [1.82, 2.24) is 9.78 Å². The molecule has 1 aliphatic rings. The van der Waals surface area contributed by atoms with Crippen LogP contribution in [0.2, 0.25) is 0 Å². The number of ether oxygens (including phenoxy) is 1. The van der Waals surface area contributed by atoms with Crippen molar-refractivity contribution in [1.29, 1.82) is 0 Å². The van der Waals surface area contributed by atoms with E-state index in [1.807, 2.05) is 32.9 Å². The van der Waals surface area contributed by atoms with Gasteiger partial charge in [-0.2, -0.15) is 5.10 Å². The van der Waals surface area contributed by atoms with Gasteiger partial charge >= 0.3 is 6.09 Å². The quantitative estimate of drug-likeness (QED) is 0.684. The van der Waals surface area contributed by atoms with Crippen LogP contribution in [0.15, 0.2) is 18.3 Å². The SMILES string of the molecule is CCC1CCC(n2cc3cc(NC(=O)OC(C)(C)C)c(C(C)(C)O)cc3n2)CC1. The molecule has 6 nitrogen and oxygen atoms in total. The Morgan fingerprint density at radius 2 is 1.86 bits per heavy atom. The van der Waals surface area contributed by atoms with Crippen molar-refractivity contribution >= 4 is 22.7 Å². The lowest BCUT2D eigenvalue weighted by Crippen LogP contribution is -2.28. The third-order valence-corrected chi connectivity index (χ3v) is 5.72. The lowest BCUT2D eigenvalue weighted by atomic mass is 9.85. The number of anilines is 1. The van der Waals surface area contributed by atoms with Crippen molar-refractivity contribution < 1.29 is 14.6 Å². The molecule has 0 atom stereocenters. The standard InChI is InChI=1S/C23H35N3O3/c1-7-15-8-10-17(11-9-15)26-14-16-12-20(24-21(27)29-22(2,3)4)18(23(5,6)28)13-19(16)25-26/h12-15,17,28H,7-11H2,1-6H3,(H,24,27). The van der Waals surface area contributed by atoms with Gasteiger partial charge in [0.15, 0.2) is 0 Å². The van der Waals surface area contributed by atoms with Gasteiger partial charge < -0.3 is 9.84 Å². The highest BCUT2D eigenvalue weighted by Gasteiger charge is 2.26. The number of amides is 1. The summed E-state index contributed by atoms with van der Waals surface area (Å²) in [5.74, 6) is 0.836. The summed E-state index contributed by atoms with van der Waals surface area (Å²) in [4.78, 5) is 12.3. The first-order valence-electron chi connectivity index (χ1n) is 10.7. The van der Waals surface area contributed by atoms with Crippen LogP contribution in [0.25, 0.3) is 10.9 Å². The van der Waals surface area contributed by atoms with E-state index in [9.17, 15) is 9.90 Å². The van der Waals surface area contributed by atoms with Gasteiger partial charge in [-0.1, -0.05) is 13.3 Å². The predicted molar refractivity (Wildman–Crippen MR) is 116 cm³/mol. The number of rotatable bonds is 4. The number of aliphatic hydroxyl groups is 1. The van der Waals surface area contributed by atoms with Crippen molar-refractivity contribution in [3.63, 3.8) is 0 Å². The Hall–Kier alpha value is -2.08. The summed E-state index contributed by atoms with van der Waals surface area (Å²) in [6.07, 6.45) is 7.56. The third kappa shape index (κ3) is 5.30. The maximum atomic E-state index is 12.3. The van der Waals surface area contributed by atoms with E-state index in [1.54, 1.807) is 13.8 Å². The van der Waals surface area contributed by atoms with Gasteiger partial charge in [0.2, 0.25) is 0 Å². The molecule has 1 aliphatic carbocycles. The molecule has 2 N–H and O–H groups in total. The Morgan fingerprint density at radius 3 is 2.41 bits per heavy atom. The third-order valence-electron chi connectivity index (χ3n) is 5.72. The predicted octanol–water partition coefficient (Wildman–Crippen LogP) is 5.75. The first kappa shape index (κ1) is 21.6. The lowest BCUT2D eigenvalue weighted by molar-refractivity contribution is 0.0632. The minimum Gasteiger partial charge on any atom is -0.444 e. The first-order chi connectivity index (χ1) is 13.5. The van der Waals surface area contributed by atoms with Crippen LogP contribution in [-0.2, 0) is 10.3 Å². The Kier molecular flexibility index (Phi) is 5.95. The lowest BCUT2D eigenvalue weighted by Gasteiger charge is -2.27. The molecule has 2 aromatic rings. The summed E-state index contributed by atoms with van der Waals surface area (Å²) >= 11 is 0. The van der Waals surface area contributed by atoms with Gasteiger partial charge in [-0.25, -0.2) is 4.79 Å². The number of carbonyl (C=O) groups excluding carboxylic acids is 1. The van der Waals surface area contributed by atoms with Gasteiger partial charge in [-0.05, 0) is 78.4 Å². The highest BCUT2D eigenvalue weighted by molar-refractivity contribution is 5.92. The van der Waals surface area contributed by atoms with Gasteiger partial charge in [0.1, 0.15) is 5.60 Å². The fraction of sp³-hybridized carbons (Fsp3) is 0.652. The van der Waals surface area contributed by atoms with Crippen LogP contribution < -0.4 is 5.32 Å². The van der Waals surface area contributed by atoms with E-state index in [0.717, 1.165) is 29.7 Å². The maximum Gasteiger partial charge on any atom is 0.412 e. The van der Waals surface area contributed by atoms with Gasteiger partial charge in [0.05, 0.1) is 22.8 Å². The molecule has 1 aromatic heterocycles. The summed E-state index contributed by atoms with van der Waals surface area (Å²) < 4.78 is 7.46. The minimum atomic E-state index is -1.12. The van der Waals surface area contributed by atoms with Crippen LogP contribution in [0.5, 0.6) is 0 Å². The van der Waals surface area contributed by atoms with E-state index in [0.29, 0.717) is 17.3 Å². The molecule has 6 heteroatoms.